The molecule has 0 heterocycles. The average Bonchev–Trinajstić information content (AvgIpc) is 2.28. The number of aliphatic carboxylic acids is 1. The number of amides is 2. The lowest BCUT2D eigenvalue weighted by Crippen LogP contribution is -2.46. The van der Waals surface area contributed by atoms with E-state index in [4.69, 9.17) is 16.6 Å². The molecule has 0 aromatic carbocycles. The number of hydrogen-bond donors (Lipinski definition) is 2. The van der Waals surface area contributed by atoms with E-state index in [-0.39, 0.29) is 13.2 Å². The number of terminal acetylenes is 1. The predicted octanol–water partition coefficient (Wildman–Crippen LogP) is -0.169. The fraction of sp³-hybridized carbons (Fsp3) is 0.636. The van der Waals surface area contributed by atoms with E-state index < -0.39 is 18.5 Å². The number of carboxylic acids is 1. The topological polar surface area (TPSA) is 81.1 Å². The number of aliphatic hydroxyl groups is 1. The molecule has 0 saturated carbocycles. The SMILES string of the molecule is C#CCN(CC(=O)O)C(=O)N(CC)CCCO. The van der Waals surface area contributed by atoms with Crippen molar-refractivity contribution in [3.8, 4) is 12.3 Å². The highest BCUT2D eigenvalue weighted by Gasteiger charge is 2.20. The number of aliphatic hydroxyl groups excluding tert-OH is 1. The molecule has 2 N–H and O–H groups in total. The standard InChI is InChI=1S/C11H18N2O4/c1-3-6-13(9-10(15)16)11(17)12(4-2)7-5-8-14/h1,14H,4-9H2,2H3,(H,15,16). The van der Waals surface area contributed by atoms with Gasteiger partial charge in [0.1, 0.15) is 6.54 Å². The van der Waals surface area contributed by atoms with Crippen LogP contribution in [0.15, 0.2) is 0 Å². The molecule has 6 heteroatoms. The molecule has 0 aliphatic rings. The Hall–Kier alpha value is -1.74. The fourth-order valence-electron chi connectivity index (χ4n) is 1.32. The van der Waals surface area contributed by atoms with Crippen LogP contribution >= 0.6 is 0 Å². The molecule has 2 amide bonds. The van der Waals surface area contributed by atoms with Crippen molar-refractivity contribution in [2.24, 2.45) is 0 Å². The monoisotopic (exact) mass is 242 g/mol. The van der Waals surface area contributed by atoms with E-state index in [0.29, 0.717) is 19.5 Å². The Kier molecular flexibility index (Phi) is 7.55. The van der Waals surface area contributed by atoms with E-state index in [1.807, 2.05) is 0 Å². The number of nitrogens with zero attached hydrogens (tertiary/aromatic N) is 2. The molecule has 0 aliphatic heterocycles. The maximum Gasteiger partial charge on any atom is 0.323 e. The van der Waals surface area contributed by atoms with Gasteiger partial charge in [-0.25, -0.2) is 4.79 Å². The fourth-order valence-corrected chi connectivity index (χ4v) is 1.32. The Morgan fingerprint density at radius 1 is 1.35 bits per heavy atom. The van der Waals surface area contributed by atoms with Crippen LogP contribution in [0.4, 0.5) is 4.79 Å². The lowest BCUT2D eigenvalue weighted by Gasteiger charge is -2.27. The van der Waals surface area contributed by atoms with E-state index in [1.54, 1.807) is 6.92 Å². The van der Waals surface area contributed by atoms with Crippen molar-refractivity contribution in [1.29, 1.82) is 0 Å². The van der Waals surface area contributed by atoms with Gasteiger partial charge in [0.2, 0.25) is 0 Å². The van der Waals surface area contributed by atoms with Gasteiger partial charge in [-0.15, -0.1) is 6.42 Å². The minimum Gasteiger partial charge on any atom is -0.480 e. The zero-order chi connectivity index (χ0) is 13.3. The van der Waals surface area contributed by atoms with Gasteiger partial charge in [-0.1, -0.05) is 5.92 Å². The van der Waals surface area contributed by atoms with Crippen molar-refractivity contribution < 1.29 is 19.8 Å². The number of rotatable bonds is 7. The smallest absolute Gasteiger partial charge is 0.323 e. The van der Waals surface area contributed by atoms with Gasteiger partial charge in [-0.3, -0.25) is 4.79 Å². The summed E-state index contributed by atoms with van der Waals surface area (Å²) in [6.45, 7) is 2.13. The molecule has 0 radical (unpaired) electrons. The minimum atomic E-state index is -1.10. The summed E-state index contributed by atoms with van der Waals surface area (Å²) in [5, 5.41) is 17.4. The van der Waals surface area contributed by atoms with E-state index in [9.17, 15) is 9.59 Å². The first-order valence-electron chi connectivity index (χ1n) is 5.36. The second-order valence-electron chi connectivity index (χ2n) is 3.39. The van der Waals surface area contributed by atoms with Gasteiger partial charge in [-0.05, 0) is 13.3 Å². The van der Waals surface area contributed by atoms with Crippen molar-refractivity contribution in [2.75, 3.05) is 32.8 Å². The van der Waals surface area contributed by atoms with Gasteiger partial charge in [0.05, 0.1) is 6.54 Å². The third-order valence-corrected chi connectivity index (χ3v) is 2.12. The van der Waals surface area contributed by atoms with Gasteiger partial charge in [-0.2, -0.15) is 0 Å². The molecule has 0 saturated heterocycles. The zero-order valence-electron chi connectivity index (χ0n) is 9.93. The van der Waals surface area contributed by atoms with E-state index in [2.05, 4.69) is 5.92 Å². The van der Waals surface area contributed by atoms with Crippen molar-refractivity contribution in [3.63, 3.8) is 0 Å². The highest BCUT2D eigenvalue weighted by atomic mass is 16.4. The molecule has 0 aromatic rings. The molecule has 0 spiro atoms. The van der Waals surface area contributed by atoms with Crippen LogP contribution in [0.5, 0.6) is 0 Å². The molecule has 17 heavy (non-hydrogen) atoms. The summed E-state index contributed by atoms with van der Waals surface area (Å²) in [4.78, 5) is 25.1. The second-order valence-corrected chi connectivity index (χ2v) is 3.39. The van der Waals surface area contributed by atoms with Crippen LogP contribution in [0, 0.1) is 12.3 Å². The zero-order valence-corrected chi connectivity index (χ0v) is 9.93. The van der Waals surface area contributed by atoms with Crippen LogP contribution in [-0.4, -0.2) is 64.8 Å². The second kappa shape index (κ2) is 8.42. The molecule has 0 rings (SSSR count). The summed E-state index contributed by atoms with van der Waals surface area (Å²) >= 11 is 0. The third kappa shape index (κ3) is 5.78. The van der Waals surface area contributed by atoms with Crippen LogP contribution in [0.25, 0.3) is 0 Å². The van der Waals surface area contributed by atoms with E-state index >= 15 is 0 Å². The molecule has 0 unspecified atom stereocenters. The molecule has 6 nitrogen and oxygen atoms in total. The van der Waals surface area contributed by atoms with Crippen LogP contribution in [0.1, 0.15) is 13.3 Å². The molecule has 0 fully saturated rings. The number of hydrogen-bond acceptors (Lipinski definition) is 3. The van der Waals surface area contributed by atoms with E-state index in [0.717, 1.165) is 4.90 Å². The largest absolute Gasteiger partial charge is 0.480 e. The van der Waals surface area contributed by atoms with Crippen molar-refractivity contribution >= 4 is 12.0 Å². The summed E-state index contributed by atoms with van der Waals surface area (Å²) in [7, 11) is 0. The van der Waals surface area contributed by atoms with Crippen LogP contribution in [0.2, 0.25) is 0 Å². The summed E-state index contributed by atoms with van der Waals surface area (Å²) in [6, 6.07) is -0.415. The highest BCUT2D eigenvalue weighted by molar-refractivity contribution is 5.80. The summed E-state index contributed by atoms with van der Waals surface area (Å²) in [5.74, 6) is 1.15. The number of carbonyl (C=O) groups excluding carboxylic acids is 1. The Morgan fingerprint density at radius 2 is 2.00 bits per heavy atom. The molecule has 0 aromatic heterocycles. The first kappa shape index (κ1) is 15.3. The molecular weight excluding hydrogens is 224 g/mol. The first-order chi connectivity index (χ1) is 8.06. The van der Waals surface area contributed by atoms with Crippen molar-refractivity contribution in [1.82, 2.24) is 9.80 Å². The summed E-state index contributed by atoms with van der Waals surface area (Å²) in [5.41, 5.74) is 0. The lowest BCUT2D eigenvalue weighted by molar-refractivity contribution is -0.137. The normalized spacial score (nSPS) is 9.47. The summed E-state index contributed by atoms with van der Waals surface area (Å²) < 4.78 is 0. The highest BCUT2D eigenvalue weighted by Crippen LogP contribution is 2.00. The third-order valence-electron chi connectivity index (χ3n) is 2.12. The Labute approximate surface area is 101 Å². The van der Waals surface area contributed by atoms with Crippen molar-refractivity contribution in [2.45, 2.75) is 13.3 Å². The molecular formula is C11H18N2O4. The molecule has 0 bridgehead atoms. The molecule has 96 valence electrons. The Balaban J connectivity index is 4.55. The van der Waals surface area contributed by atoms with Gasteiger partial charge in [0.25, 0.3) is 0 Å². The predicted molar refractivity (Wildman–Crippen MR) is 62.4 cm³/mol. The number of carboxylic acid groups (broad SMARTS) is 1. The van der Waals surface area contributed by atoms with Crippen LogP contribution in [0.3, 0.4) is 0 Å². The maximum atomic E-state index is 11.9. The molecule has 0 aliphatic carbocycles. The minimum absolute atomic E-state index is 0.0160. The van der Waals surface area contributed by atoms with Gasteiger partial charge in [0, 0.05) is 19.7 Å². The van der Waals surface area contributed by atoms with Gasteiger partial charge >= 0.3 is 12.0 Å². The number of carbonyl (C=O) groups is 2. The molecule has 0 atom stereocenters. The Bertz CT molecular complexity index is 298. The maximum absolute atomic E-state index is 11.9. The first-order valence-corrected chi connectivity index (χ1v) is 5.36. The average molecular weight is 242 g/mol. The quantitative estimate of drug-likeness (QED) is 0.607. The Morgan fingerprint density at radius 3 is 2.41 bits per heavy atom. The van der Waals surface area contributed by atoms with Crippen LogP contribution in [-0.2, 0) is 4.79 Å². The van der Waals surface area contributed by atoms with Crippen LogP contribution < -0.4 is 0 Å². The lowest BCUT2D eigenvalue weighted by atomic mass is 10.4. The van der Waals surface area contributed by atoms with Gasteiger partial charge < -0.3 is 20.0 Å². The number of urea groups is 1. The van der Waals surface area contributed by atoms with E-state index in [1.165, 1.54) is 4.90 Å². The van der Waals surface area contributed by atoms with Crippen molar-refractivity contribution in [3.05, 3.63) is 0 Å². The summed E-state index contributed by atoms with van der Waals surface area (Å²) in [6.07, 6.45) is 5.54. The van der Waals surface area contributed by atoms with Gasteiger partial charge in [0.15, 0.2) is 0 Å².